The number of halogens is 2. The number of sulfonamides is 1. The van der Waals surface area contributed by atoms with Crippen LogP contribution in [-0.4, -0.2) is 72.1 Å². The first kappa shape index (κ1) is 28.6. The van der Waals surface area contributed by atoms with E-state index in [0.29, 0.717) is 6.54 Å². The maximum absolute atomic E-state index is 14.1. The smallest absolute Gasteiger partial charge is 0.289 e. The van der Waals surface area contributed by atoms with Gasteiger partial charge in [-0.2, -0.15) is 4.31 Å². The van der Waals surface area contributed by atoms with Crippen LogP contribution in [0.3, 0.4) is 0 Å². The molecule has 0 N–H and O–H groups in total. The molecule has 1 amide bonds. The van der Waals surface area contributed by atoms with Crippen molar-refractivity contribution in [1.29, 1.82) is 0 Å². The first-order valence-electron chi connectivity index (χ1n) is 12.9. The van der Waals surface area contributed by atoms with Crippen molar-refractivity contribution < 1.29 is 22.5 Å². The Morgan fingerprint density at radius 3 is 2.70 bits per heavy atom. The second-order valence-corrected chi connectivity index (χ2v) is 13.3. The molecule has 9 nitrogen and oxygen atoms in total. The lowest BCUT2D eigenvalue weighted by Gasteiger charge is -2.40. The Kier molecular flexibility index (Phi) is 8.25. The highest BCUT2D eigenvalue weighted by molar-refractivity contribution is 7.89. The average molecular weight is 607 g/mol. The lowest BCUT2D eigenvalue weighted by Crippen LogP contribution is -2.55. The lowest BCUT2D eigenvalue weighted by molar-refractivity contribution is -0.384. The molecule has 0 saturated carbocycles. The number of carbonyl (C=O) groups excluding carboxylic acids is 1. The van der Waals surface area contributed by atoms with Crippen LogP contribution < -0.4 is 0 Å². The van der Waals surface area contributed by atoms with Crippen LogP contribution in [0.2, 0.25) is 5.02 Å². The molecule has 0 spiro atoms. The SMILES string of the molecule is CC1CN(C(=O)CCN2CCc3sccc3C2c2cccc(F)c2)CCN1S(=O)(=O)c1ccc(Cl)c([N+](=O)[O-])c1. The molecule has 3 heterocycles. The lowest BCUT2D eigenvalue weighted by atomic mass is 9.93. The third-order valence-corrected chi connectivity index (χ3v) is 10.8. The number of amides is 1. The second kappa shape index (κ2) is 11.5. The van der Waals surface area contributed by atoms with Gasteiger partial charge in [0.25, 0.3) is 5.69 Å². The number of nitrogens with zero attached hydrogens (tertiary/aromatic N) is 4. The molecule has 2 aliphatic rings. The van der Waals surface area contributed by atoms with E-state index in [0.717, 1.165) is 30.2 Å². The first-order valence-corrected chi connectivity index (χ1v) is 15.6. The van der Waals surface area contributed by atoms with Crippen LogP contribution in [0.5, 0.6) is 0 Å². The van der Waals surface area contributed by atoms with E-state index in [2.05, 4.69) is 11.0 Å². The number of hydrogen-bond acceptors (Lipinski definition) is 7. The summed E-state index contributed by atoms with van der Waals surface area (Å²) in [5, 5.41) is 13.1. The average Bonchev–Trinajstić information content (AvgIpc) is 3.40. The van der Waals surface area contributed by atoms with E-state index in [1.165, 1.54) is 27.4 Å². The van der Waals surface area contributed by atoms with Gasteiger partial charge >= 0.3 is 0 Å². The van der Waals surface area contributed by atoms with Gasteiger partial charge in [-0.3, -0.25) is 19.8 Å². The number of thiophene rings is 1. The molecule has 1 aromatic heterocycles. The summed E-state index contributed by atoms with van der Waals surface area (Å²) in [7, 11) is -4.03. The number of nitro benzene ring substituents is 1. The molecular formula is C27H28ClFN4O5S2. The van der Waals surface area contributed by atoms with E-state index in [-0.39, 0.29) is 53.7 Å². The quantitative estimate of drug-likeness (QED) is 0.285. The van der Waals surface area contributed by atoms with Gasteiger partial charge in [-0.15, -0.1) is 11.3 Å². The van der Waals surface area contributed by atoms with Gasteiger partial charge in [-0.25, -0.2) is 12.8 Å². The Hall–Kier alpha value is -2.90. The second-order valence-electron chi connectivity index (χ2n) is 9.97. The molecular weight excluding hydrogens is 579 g/mol. The standard InChI is InChI=1S/C27H28ClFN4O5S2/c1-18-17-31(12-13-32(18)40(37,38)21-5-6-23(28)24(16-21)33(35)36)26(34)8-11-30-10-7-25-22(9-14-39-25)27(30)19-3-2-4-20(29)15-19/h2-6,9,14-16,18,27H,7-8,10-13,17H2,1H3. The molecule has 0 aliphatic carbocycles. The molecule has 1 saturated heterocycles. The van der Waals surface area contributed by atoms with Crippen molar-refractivity contribution in [3.8, 4) is 0 Å². The fourth-order valence-corrected chi connectivity index (χ4v) is 8.25. The Balaban J connectivity index is 1.25. The summed E-state index contributed by atoms with van der Waals surface area (Å²) in [6.07, 6.45) is 1.11. The number of hydrogen-bond donors (Lipinski definition) is 0. The minimum absolute atomic E-state index is 0.0690. The van der Waals surface area contributed by atoms with Gasteiger partial charge in [-0.05, 0) is 60.2 Å². The van der Waals surface area contributed by atoms with E-state index < -0.39 is 26.7 Å². The van der Waals surface area contributed by atoms with Crippen molar-refractivity contribution in [2.24, 2.45) is 0 Å². The largest absolute Gasteiger partial charge is 0.340 e. The van der Waals surface area contributed by atoms with Crippen molar-refractivity contribution in [3.05, 3.63) is 90.9 Å². The fourth-order valence-electron chi connectivity index (χ4n) is 5.53. The zero-order valence-corrected chi connectivity index (χ0v) is 24.1. The highest BCUT2D eigenvalue weighted by Crippen LogP contribution is 2.38. The molecule has 2 unspecified atom stereocenters. The third-order valence-electron chi connectivity index (χ3n) is 7.48. The van der Waals surface area contributed by atoms with Gasteiger partial charge in [0.05, 0.1) is 15.9 Å². The van der Waals surface area contributed by atoms with Gasteiger partial charge in [0.2, 0.25) is 15.9 Å². The van der Waals surface area contributed by atoms with E-state index in [1.807, 2.05) is 11.4 Å². The summed E-state index contributed by atoms with van der Waals surface area (Å²) < 4.78 is 41.9. The molecule has 2 aliphatic heterocycles. The molecule has 1 fully saturated rings. The minimum atomic E-state index is -4.03. The highest BCUT2D eigenvalue weighted by atomic mass is 35.5. The summed E-state index contributed by atoms with van der Waals surface area (Å²) in [6, 6.07) is 11.4. The van der Waals surface area contributed by atoms with Gasteiger partial charge in [-0.1, -0.05) is 23.7 Å². The van der Waals surface area contributed by atoms with Gasteiger partial charge in [0, 0.05) is 56.1 Å². The number of benzene rings is 2. The van der Waals surface area contributed by atoms with Crippen molar-refractivity contribution in [2.75, 3.05) is 32.7 Å². The Morgan fingerprint density at radius 1 is 1.18 bits per heavy atom. The van der Waals surface area contributed by atoms with Crippen molar-refractivity contribution >= 4 is 44.6 Å². The maximum atomic E-state index is 14.1. The number of rotatable bonds is 7. The van der Waals surface area contributed by atoms with Gasteiger partial charge in [0.1, 0.15) is 10.8 Å². The van der Waals surface area contributed by atoms with Crippen LogP contribution >= 0.6 is 22.9 Å². The number of fused-ring (bicyclic) bond motifs is 1. The van der Waals surface area contributed by atoms with Crippen molar-refractivity contribution in [1.82, 2.24) is 14.1 Å². The highest BCUT2D eigenvalue weighted by Gasteiger charge is 2.37. The molecule has 13 heteroatoms. The summed E-state index contributed by atoms with van der Waals surface area (Å²) >= 11 is 7.54. The maximum Gasteiger partial charge on any atom is 0.289 e. The zero-order chi connectivity index (χ0) is 28.6. The number of nitro groups is 1. The normalized spacial score (nSPS) is 20.3. The van der Waals surface area contributed by atoms with Gasteiger partial charge in [0.15, 0.2) is 0 Å². The van der Waals surface area contributed by atoms with Gasteiger partial charge < -0.3 is 4.90 Å². The predicted molar refractivity (Wildman–Crippen MR) is 150 cm³/mol. The van der Waals surface area contributed by atoms with Crippen LogP contribution in [0.15, 0.2) is 58.8 Å². The molecule has 0 bridgehead atoms. The first-order chi connectivity index (χ1) is 19.1. The minimum Gasteiger partial charge on any atom is -0.340 e. The molecule has 2 aromatic carbocycles. The summed E-state index contributed by atoms with van der Waals surface area (Å²) in [5.74, 6) is -0.383. The van der Waals surface area contributed by atoms with Crippen LogP contribution in [0.25, 0.3) is 0 Å². The van der Waals surface area contributed by atoms with E-state index in [1.54, 1.807) is 35.3 Å². The third kappa shape index (κ3) is 5.64. The summed E-state index contributed by atoms with van der Waals surface area (Å²) in [4.78, 5) is 28.7. The van der Waals surface area contributed by atoms with Crippen LogP contribution in [0.4, 0.5) is 10.1 Å². The Bertz CT molecular complexity index is 1550. The van der Waals surface area contributed by atoms with Crippen LogP contribution in [0, 0.1) is 15.9 Å². The summed E-state index contributed by atoms with van der Waals surface area (Å²) in [5.41, 5.74) is 1.51. The van der Waals surface area contributed by atoms with E-state index in [9.17, 15) is 27.7 Å². The monoisotopic (exact) mass is 606 g/mol. The summed E-state index contributed by atoms with van der Waals surface area (Å²) in [6.45, 7) is 3.42. The topological polar surface area (TPSA) is 104 Å². The molecule has 40 heavy (non-hydrogen) atoms. The number of carbonyl (C=O) groups is 1. The van der Waals surface area contributed by atoms with Crippen LogP contribution in [0.1, 0.15) is 35.4 Å². The Labute approximate surface area is 241 Å². The van der Waals surface area contributed by atoms with E-state index >= 15 is 0 Å². The van der Waals surface area contributed by atoms with Crippen LogP contribution in [-0.2, 0) is 21.2 Å². The zero-order valence-electron chi connectivity index (χ0n) is 21.7. The fraction of sp³-hybridized carbons (Fsp3) is 0.370. The number of piperazine rings is 1. The molecule has 0 radical (unpaired) electrons. The van der Waals surface area contributed by atoms with E-state index in [4.69, 9.17) is 11.6 Å². The van der Waals surface area contributed by atoms with Crippen molar-refractivity contribution in [2.45, 2.75) is 36.7 Å². The van der Waals surface area contributed by atoms with Crippen molar-refractivity contribution in [3.63, 3.8) is 0 Å². The molecule has 5 rings (SSSR count). The Morgan fingerprint density at radius 2 is 1.98 bits per heavy atom. The molecule has 2 atom stereocenters. The predicted octanol–water partition coefficient (Wildman–Crippen LogP) is 4.71. The molecule has 3 aromatic rings. The molecule has 212 valence electrons.